The fourth-order valence-corrected chi connectivity index (χ4v) is 2.93. The third-order valence-electron chi connectivity index (χ3n) is 3.61. The molecule has 1 heterocycles. The molecule has 1 aliphatic heterocycles. The van der Waals surface area contributed by atoms with Crippen molar-refractivity contribution in [3.63, 3.8) is 0 Å². The van der Waals surface area contributed by atoms with Gasteiger partial charge in [-0.05, 0) is 24.3 Å². The Bertz CT molecular complexity index is 603. The van der Waals surface area contributed by atoms with Gasteiger partial charge in [0.2, 0.25) is 0 Å². The second kappa shape index (κ2) is 6.96. The first-order chi connectivity index (χ1) is 10.3. The summed E-state index contributed by atoms with van der Waals surface area (Å²) in [7, 11) is 0. The molecule has 3 nitrogen and oxygen atoms in total. The predicted octanol–water partition coefficient (Wildman–Crippen LogP) is 3.76. The lowest BCUT2D eigenvalue weighted by atomic mass is 10.2. The van der Waals surface area contributed by atoms with Gasteiger partial charge in [0.05, 0.1) is 0 Å². The number of nitrogens with zero attached hydrogens (tertiary/aromatic N) is 1. The van der Waals surface area contributed by atoms with Crippen LogP contribution >= 0.6 is 15.9 Å². The summed E-state index contributed by atoms with van der Waals surface area (Å²) in [6.07, 6.45) is 0. The first-order valence-corrected chi connectivity index (χ1v) is 8.03. The SMILES string of the molecule is Brc1cccc(NCCN2CCOc3ccccc3C2)c1. The van der Waals surface area contributed by atoms with E-state index in [2.05, 4.69) is 56.5 Å². The van der Waals surface area contributed by atoms with Crippen molar-refractivity contribution in [3.8, 4) is 5.75 Å². The van der Waals surface area contributed by atoms with E-state index in [1.165, 1.54) is 5.56 Å². The lowest BCUT2D eigenvalue weighted by Crippen LogP contribution is -2.30. The van der Waals surface area contributed by atoms with E-state index in [-0.39, 0.29) is 0 Å². The number of hydrogen-bond acceptors (Lipinski definition) is 3. The smallest absolute Gasteiger partial charge is 0.123 e. The Morgan fingerprint density at radius 3 is 2.95 bits per heavy atom. The number of benzene rings is 2. The van der Waals surface area contributed by atoms with Gasteiger partial charge in [0.1, 0.15) is 12.4 Å². The first kappa shape index (κ1) is 14.4. The summed E-state index contributed by atoms with van der Waals surface area (Å²) < 4.78 is 6.89. The van der Waals surface area contributed by atoms with E-state index in [9.17, 15) is 0 Å². The summed E-state index contributed by atoms with van der Waals surface area (Å²) in [6, 6.07) is 16.6. The minimum Gasteiger partial charge on any atom is -0.492 e. The van der Waals surface area contributed by atoms with Crippen molar-refractivity contribution < 1.29 is 4.74 Å². The number of rotatable bonds is 4. The highest BCUT2D eigenvalue weighted by Crippen LogP contribution is 2.22. The number of anilines is 1. The summed E-state index contributed by atoms with van der Waals surface area (Å²) >= 11 is 3.49. The van der Waals surface area contributed by atoms with E-state index in [1.54, 1.807) is 0 Å². The maximum absolute atomic E-state index is 5.79. The Labute approximate surface area is 134 Å². The summed E-state index contributed by atoms with van der Waals surface area (Å²) in [5.41, 5.74) is 2.42. The van der Waals surface area contributed by atoms with Gasteiger partial charge < -0.3 is 10.1 Å². The number of hydrogen-bond donors (Lipinski definition) is 1. The molecule has 0 amide bonds. The maximum Gasteiger partial charge on any atom is 0.123 e. The number of halogens is 1. The van der Waals surface area contributed by atoms with E-state index in [0.717, 1.165) is 48.7 Å². The lowest BCUT2D eigenvalue weighted by molar-refractivity contribution is 0.232. The van der Waals surface area contributed by atoms with E-state index in [0.29, 0.717) is 0 Å². The van der Waals surface area contributed by atoms with Gasteiger partial charge in [-0.3, -0.25) is 4.90 Å². The molecule has 21 heavy (non-hydrogen) atoms. The third-order valence-corrected chi connectivity index (χ3v) is 4.11. The van der Waals surface area contributed by atoms with Crippen molar-refractivity contribution in [1.29, 1.82) is 0 Å². The second-order valence-corrected chi connectivity index (χ2v) is 6.09. The van der Waals surface area contributed by atoms with Crippen LogP contribution in [0, 0.1) is 0 Å². The molecule has 4 heteroatoms. The number of nitrogens with one attached hydrogen (secondary N) is 1. The summed E-state index contributed by atoms with van der Waals surface area (Å²) in [6.45, 7) is 4.61. The zero-order valence-electron chi connectivity index (χ0n) is 11.9. The monoisotopic (exact) mass is 346 g/mol. The Morgan fingerprint density at radius 1 is 1.14 bits per heavy atom. The molecule has 2 aromatic rings. The number of ether oxygens (including phenoxy) is 1. The third kappa shape index (κ3) is 3.99. The first-order valence-electron chi connectivity index (χ1n) is 7.24. The average Bonchev–Trinajstić information content (AvgIpc) is 2.69. The van der Waals surface area contributed by atoms with E-state index < -0.39 is 0 Å². The van der Waals surface area contributed by atoms with Gasteiger partial charge >= 0.3 is 0 Å². The topological polar surface area (TPSA) is 24.5 Å². The number of fused-ring (bicyclic) bond motifs is 1. The van der Waals surface area contributed by atoms with Gasteiger partial charge in [-0.25, -0.2) is 0 Å². The Hall–Kier alpha value is -1.52. The second-order valence-electron chi connectivity index (χ2n) is 5.17. The highest BCUT2D eigenvalue weighted by molar-refractivity contribution is 9.10. The molecule has 110 valence electrons. The molecule has 0 saturated heterocycles. The van der Waals surface area contributed by atoms with Gasteiger partial charge in [-0.1, -0.05) is 40.2 Å². The summed E-state index contributed by atoms with van der Waals surface area (Å²) in [5.74, 6) is 1.03. The van der Waals surface area contributed by atoms with Crippen molar-refractivity contribution in [3.05, 3.63) is 58.6 Å². The van der Waals surface area contributed by atoms with Crippen LogP contribution in [0.5, 0.6) is 5.75 Å². The Morgan fingerprint density at radius 2 is 2.05 bits per heavy atom. The van der Waals surface area contributed by atoms with Gasteiger partial charge in [-0.15, -0.1) is 0 Å². The highest BCUT2D eigenvalue weighted by Gasteiger charge is 2.14. The number of para-hydroxylation sites is 1. The molecule has 2 aromatic carbocycles. The van der Waals surface area contributed by atoms with Gasteiger partial charge in [0.25, 0.3) is 0 Å². The molecule has 0 unspecified atom stereocenters. The lowest BCUT2D eigenvalue weighted by Gasteiger charge is -2.19. The Kier molecular flexibility index (Phi) is 4.78. The molecule has 0 aliphatic carbocycles. The minimum atomic E-state index is 0.758. The molecular formula is C17H19BrN2O. The summed E-state index contributed by atoms with van der Waals surface area (Å²) in [5, 5.41) is 3.46. The fraction of sp³-hybridized carbons (Fsp3) is 0.294. The predicted molar refractivity (Wildman–Crippen MR) is 89.8 cm³/mol. The molecule has 0 radical (unpaired) electrons. The molecule has 1 aliphatic rings. The van der Waals surface area contributed by atoms with Crippen LogP contribution in [-0.2, 0) is 6.54 Å². The average molecular weight is 347 g/mol. The quantitative estimate of drug-likeness (QED) is 0.912. The molecule has 1 N–H and O–H groups in total. The molecule has 0 saturated carbocycles. The zero-order valence-corrected chi connectivity index (χ0v) is 13.5. The molecule has 0 fully saturated rings. The molecule has 0 spiro atoms. The molecular weight excluding hydrogens is 328 g/mol. The van der Waals surface area contributed by atoms with Crippen molar-refractivity contribution in [2.45, 2.75) is 6.54 Å². The molecule has 3 rings (SSSR count). The highest BCUT2D eigenvalue weighted by atomic mass is 79.9. The molecule has 0 atom stereocenters. The molecule has 0 aromatic heterocycles. The molecule has 0 bridgehead atoms. The largest absolute Gasteiger partial charge is 0.492 e. The van der Waals surface area contributed by atoms with Crippen LogP contribution in [0.2, 0.25) is 0 Å². The normalized spacial score (nSPS) is 14.9. The van der Waals surface area contributed by atoms with Crippen LogP contribution < -0.4 is 10.1 Å². The maximum atomic E-state index is 5.79. The van der Waals surface area contributed by atoms with Crippen LogP contribution in [0.1, 0.15) is 5.56 Å². The van der Waals surface area contributed by atoms with E-state index in [1.807, 2.05) is 18.2 Å². The van der Waals surface area contributed by atoms with Crippen LogP contribution in [0.15, 0.2) is 53.0 Å². The van der Waals surface area contributed by atoms with Gasteiger partial charge in [-0.2, -0.15) is 0 Å². The van der Waals surface area contributed by atoms with Gasteiger partial charge in [0, 0.05) is 41.9 Å². The van der Waals surface area contributed by atoms with Crippen molar-refractivity contribution in [2.75, 3.05) is 31.6 Å². The fourth-order valence-electron chi connectivity index (χ4n) is 2.53. The summed E-state index contributed by atoms with van der Waals surface area (Å²) in [4.78, 5) is 2.43. The Balaban J connectivity index is 1.54. The van der Waals surface area contributed by atoms with Crippen LogP contribution in [-0.4, -0.2) is 31.1 Å². The van der Waals surface area contributed by atoms with Crippen LogP contribution in [0.4, 0.5) is 5.69 Å². The van der Waals surface area contributed by atoms with Crippen LogP contribution in [0.3, 0.4) is 0 Å². The zero-order chi connectivity index (χ0) is 14.5. The minimum absolute atomic E-state index is 0.758. The van der Waals surface area contributed by atoms with Gasteiger partial charge in [0.15, 0.2) is 0 Å². The van der Waals surface area contributed by atoms with Crippen molar-refractivity contribution in [2.24, 2.45) is 0 Å². The van der Waals surface area contributed by atoms with E-state index in [4.69, 9.17) is 4.74 Å². The standard InChI is InChI=1S/C17H19BrN2O/c18-15-5-3-6-16(12-15)19-8-9-20-10-11-21-17-7-2-1-4-14(17)13-20/h1-7,12,19H,8-11,13H2. The van der Waals surface area contributed by atoms with Crippen molar-refractivity contribution >= 4 is 21.6 Å². The van der Waals surface area contributed by atoms with E-state index >= 15 is 0 Å². The van der Waals surface area contributed by atoms with Crippen molar-refractivity contribution in [1.82, 2.24) is 4.90 Å². The van der Waals surface area contributed by atoms with Crippen LogP contribution in [0.25, 0.3) is 0 Å².